The third-order valence-electron chi connectivity index (χ3n) is 2.13. The summed E-state index contributed by atoms with van der Waals surface area (Å²) in [5.41, 5.74) is 5.36. The van der Waals surface area contributed by atoms with Gasteiger partial charge in [0.2, 0.25) is 0 Å². The molecular formula is C11H14ClNO4. The van der Waals surface area contributed by atoms with Crippen LogP contribution in [0.5, 0.6) is 5.75 Å². The van der Waals surface area contributed by atoms with Crippen molar-refractivity contribution in [1.29, 1.82) is 0 Å². The lowest BCUT2D eigenvalue weighted by Crippen LogP contribution is -2.17. The number of primary amides is 1. The Morgan fingerprint density at radius 1 is 1.53 bits per heavy atom. The summed E-state index contributed by atoms with van der Waals surface area (Å²) in [6, 6.07) is 4.53. The number of amides is 1. The first-order valence-corrected chi connectivity index (χ1v) is 5.43. The van der Waals surface area contributed by atoms with Crippen molar-refractivity contribution >= 4 is 17.5 Å². The number of aliphatic hydroxyl groups excluding tert-OH is 2. The largest absolute Gasteiger partial charge is 0.493 e. The zero-order valence-corrected chi connectivity index (χ0v) is 9.85. The van der Waals surface area contributed by atoms with Gasteiger partial charge in [-0.25, -0.2) is 0 Å². The number of benzene rings is 1. The Balaban J connectivity index is 2.67. The highest BCUT2D eigenvalue weighted by Gasteiger charge is 2.10. The van der Waals surface area contributed by atoms with Crippen LogP contribution in [0.1, 0.15) is 16.8 Å². The molecule has 1 amide bonds. The summed E-state index contributed by atoms with van der Waals surface area (Å²) in [6.07, 6.45) is -0.573. The highest BCUT2D eigenvalue weighted by molar-refractivity contribution is 6.31. The van der Waals surface area contributed by atoms with Crippen LogP contribution in [-0.2, 0) is 0 Å². The SMILES string of the molecule is NC(=O)c1cc(Cl)ccc1OCCC(O)CO. The molecule has 1 aromatic rings. The van der Waals surface area contributed by atoms with Crippen molar-refractivity contribution < 1.29 is 19.7 Å². The maximum Gasteiger partial charge on any atom is 0.252 e. The molecule has 1 unspecified atom stereocenters. The van der Waals surface area contributed by atoms with Crippen molar-refractivity contribution in [2.45, 2.75) is 12.5 Å². The fourth-order valence-electron chi connectivity index (χ4n) is 1.22. The second kappa shape index (κ2) is 6.44. The third kappa shape index (κ3) is 4.22. The maximum absolute atomic E-state index is 11.1. The smallest absolute Gasteiger partial charge is 0.252 e. The number of hydrogen-bond donors (Lipinski definition) is 3. The summed E-state index contributed by atoms with van der Waals surface area (Å²) < 4.78 is 5.30. The minimum atomic E-state index is -0.834. The summed E-state index contributed by atoms with van der Waals surface area (Å²) in [4.78, 5) is 11.1. The number of ether oxygens (including phenoxy) is 1. The van der Waals surface area contributed by atoms with E-state index >= 15 is 0 Å². The third-order valence-corrected chi connectivity index (χ3v) is 2.36. The van der Waals surface area contributed by atoms with Gasteiger partial charge in [-0.1, -0.05) is 11.6 Å². The molecule has 0 heterocycles. The molecule has 0 fully saturated rings. The summed E-state index contributed by atoms with van der Waals surface area (Å²) in [6.45, 7) is -0.156. The molecule has 0 aliphatic heterocycles. The predicted octanol–water partition coefficient (Wildman–Crippen LogP) is 0.561. The number of halogens is 1. The first-order chi connectivity index (χ1) is 8.04. The number of rotatable bonds is 6. The Bertz CT molecular complexity index is 397. The highest BCUT2D eigenvalue weighted by atomic mass is 35.5. The van der Waals surface area contributed by atoms with E-state index in [2.05, 4.69) is 0 Å². The van der Waals surface area contributed by atoms with Crippen LogP contribution in [0, 0.1) is 0 Å². The zero-order chi connectivity index (χ0) is 12.8. The zero-order valence-electron chi connectivity index (χ0n) is 9.10. The van der Waals surface area contributed by atoms with E-state index in [1.54, 1.807) is 6.07 Å². The van der Waals surface area contributed by atoms with Crippen LogP contribution in [0.4, 0.5) is 0 Å². The van der Waals surface area contributed by atoms with E-state index in [4.69, 9.17) is 32.3 Å². The molecule has 4 N–H and O–H groups in total. The second-order valence-electron chi connectivity index (χ2n) is 3.48. The number of carbonyl (C=O) groups excluding carboxylic acids is 1. The normalized spacial score (nSPS) is 12.2. The molecule has 0 aromatic heterocycles. The van der Waals surface area contributed by atoms with Gasteiger partial charge < -0.3 is 20.7 Å². The van der Waals surface area contributed by atoms with E-state index < -0.39 is 12.0 Å². The molecule has 1 atom stereocenters. The lowest BCUT2D eigenvalue weighted by atomic mass is 10.2. The van der Waals surface area contributed by atoms with E-state index in [9.17, 15) is 4.79 Å². The van der Waals surface area contributed by atoms with Gasteiger partial charge in [0, 0.05) is 11.4 Å². The van der Waals surface area contributed by atoms with Gasteiger partial charge in [-0.15, -0.1) is 0 Å². The van der Waals surface area contributed by atoms with Gasteiger partial charge in [0.05, 0.1) is 24.9 Å². The molecule has 94 valence electrons. The minimum Gasteiger partial charge on any atom is -0.493 e. The standard InChI is InChI=1S/C11H14ClNO4/c12-7-1-2-10(9(5-7)11(13)16)17-4-3-8(15)6-14/h1-2,5,8,14-15H,3-4,6H2,(H2,13,16). The summed E-state index contributed by atoms with van der Waals surface area (Å²) in [5.74, 6) is -0.322. The topological polar surface area (TPSA) is 92.8 Å². The van der Waals surface area contributed by atoms with E-state index in [-0.39, 0.29) is 25.2 Å². The molecule has 5 nitrogen and oxygen atoms in total. The maximum atomic E-state index is 11.1. The van der Waals surface area contributed by atoms with Crippen LogP contribution in [0.2, 0.25) is 5.02 Å². The van der Waals surface area contributed by atoms with Gasteiger partial charge in [-0.2, -0.15) is 0 Å². The van der Waals surface area contributed by atoms with Crippen LogP contribution >= 0.6 is 11.6 Å². The van der Waals surface area contributed by atoms with Gasteiger partial charge in [-0.3, -0.25) is 4.79 Å². The first-order valence-electron chi connectivity index (χ1n) is 5.05. The molecule has 0 bridgehead atoms. The van der Waals surface area contributed by atoms with Crippen molar-refractivity contribution in [3.05, 3.63) is 28.8 Å². The number of nitrogens with two attached hydrogens (primary N) is 1. The second-order valence-corrected chi connectivity index (χ2v) is 3.91. The molecule has 0 saturated heterocycles. The van der Waals surface area contributed by atoms with Crippen molar-refractivity contribution in [2.24, 2.45) is 5.73 Å². The minimum absolute atomic E-state index is 0.170. The van der Waals surface area contributed by atoms with E-state index in [1.807, 2.05) is 0 Å². The molecule has 6 heteroatoms. The van der Waals surface area contributed by atoms with E-state index in [0.717, 1.165) is 0 Å². The molecule has 0 radical (unpaired) electrons. The summed E-state index contributed by atoms with van der Waals surface area (Å²) >= 11 is 5.73. The average Bonchev–Trinajstić information content (AvgIpc) is 2.30. The Labute approximate surface area is 104 Å². The van der Waals surface area contributed by atoms with Gasteiger partial charge in [0.25, 0.3) is 5.91 Å². The summed E-state index contributed by atoms with van der Waals surface area (Å²) in [7, 11) is 0. The van der Waals surface area contributed by atoms with Crippen molar-refractivity contribution in [3.63, 3.8) is 0 Å². The van der Waals surface area contributed by atoms with Gasteiger partial charge >= 0.3 is 0 Å². The van der Waals surface area contributed by atoms with Gasteiger partial charge in [-0.05, 0) is 18.2 Å². The van der Waals surface area contributed by atoms with Crippen LogP contribution in [0.25, 0.3) is 0 Å². The molecule has 0 aliphatic carbocycles. The molecule has 0 aliphatic rings. The highest BCUT2D eigenvalue weighted by Crippen LogP contribution is 2.22. The molecule has 0 spiro atoms. The van der Waals surface area contributed by atoms with Crippen LogP contribution in [-0.4, -0.2) is 35.4 Å². The van der Waals surface area contributed by atoms with Crippen molar-refractivity contribution in [2.75, 3.05) is 13.2 Å². The van der Waals surface area contributed by atoms with Crippen LogP contribution in [0.15, 0.2) is 18.2 Å². The van der Waals surface area contributed by atoms with Crippen molar-refractivity contribution in [1.82, 2.24) is 0 Å². The monoisotopic (exact) mass is 259 g/mol. The first kappa shape index (κ1) is 13.8. The quantitative estimate of drug-likeness (QED) is 0.696. The predicted molar refractivity (Wildman–Crippen MR) is 63.2 cm³/mol. The number of carbonyl (C=O) groups is 1. The van der Waals surface area contributed by atoms with Gasteiger partial charge in [0.1, 0.15) is 5.75 Å². The molecule has 17 heavy (non-hydrogen) atoms. The Kier molecular flexibility index (Phi) is 5.21. The molecular weight excluding hydrogens is 246 g/mol. The lowest BCUT2D eigenvalue weighted by Gasteiger charge is -2.11. The van der Waals surface area contributed by atoms with Crippen LogP contribution in [0.3, 0.4) is 0 Å². The molecule has 0 saturated carbocycles. The fourth-order valence-corrected chi connectivity index (χ4v) is 1.39. The fraction of sp³-hybridized carbons (Fsp3) is 0.364. The van der Waals surface area contributed by atoms with Crippen LogP contribution < -0.4 is 10.5 Å². The molecule has 1 aromatic carbocycles. The Hall–Kier alpha value is -1.30. The average molecular weight is 260 g/mol. The van der Waals surface area contributed by atoms with E-state index in [1.165, 1.54) is 12.1 Å². The van der Waals surface area contributed by atoms with E-state index in [0.29, 0.717) is 10.8 Å². The number of aliphatic hydroxyl groups is 2. The number of hydrogen-bond acceptors (Lipinski definition) is 4. The van der Waals surface area contributed by atoms with Gasteiger partial charge in [0.15, 0.2) is 0 Å². The Morgan fingerprint density at radius 2 is 2.24 bits per heavy atom. The Morgan fingerprint density at radius 3 is 2.82 bits per heavy atom. The van der Waals surface area contributed by atoms with Crippen molar-refractivity contribution in [3.8, 4) is 5.75 Å². The summed E-state index contributed by atoms with van der Waals surface area (Å²) in [5, 5.41) is 18.1. The molecule has 1 rings (SSSR count). The lowest BCUT2D eigenvalue weighted by molar-refractivity contribution is 0.0751.